The van der Waals surface area contributed by atoms with Crippen LogP contribution in [-0.2, 0) is 96.5 Å². The first-order valence-corrected chi connectivity index (χ1v) is 45.0. The Labute approximate surface area is 701 Å². The molecule has 17 rings (SSSR count). The van der Waals surface area contributed by atoms with Gasteiger partial charge in [-0.25, -0.2) is 62.5 Å². The maximum absolute atomic E-state index is 14.6. The Kier molecular flexibility index (Phi) is 24.0. The molecule has 23 N–H and O–H groups in total. The summed E-state index contributed by atoms with van der Waals surface area (Å²) in [7, 11) is -27.9. The lowest BCUT2D eigenvalue weighted by atomic mass is 10.1. The molecule has 0 radical (unpaired) electrons. The highest BCUT2D eigenvalue weighted by Gasteiger charge is 2.54. The number of nitrogen functional groups attached to an aromatic ring is 5. The molecule has 17 heterocycles. The van der Waals surface area contributed by atoms with E-state index < -0.39 is 254 Å². The van der Waals surface area contributed by atoms with Gasteiger partial charge >= 0.3 is 44.8 Å². The number of ether oxygens (including phenoxy) is 6. The van der Waals surface area contributed by atoms with Gasteiger partial charge in [0.1, 0.15) is 116 Å². The minimum atomic E-state index is -5.78. The van der Waals surface area contributed by atoms with Gasteiger partial charge in [-0.2, -0.15) is 19.9 Å². The van der Waals surface area contributed by atoms with Crippen molar-refractivity contribution in [2.24, 2.45) is 0 Å². The zero-order chi connectivity index (χ0) is 90.0. The number of phosphoric ester groups is 5. The lowest BCUT2D eigenvalue weighted by Crippen LogP contribution is -2.36. The Morgan fingerprint density at radius 2 is 0.724 bits per heavy atom. The molecule has 6 aliphatic rings. The van der Waals surface area contributed by atoms with Crippen LogP contribution in [0.4, 0.5) is 29.6 Å². The Balaban J connectivity index is 0.599. The number of aryl methyl sites for hydroxylation is 1. The van der Waals surface area contributed by atoms with E-state index in [1.807, 2.05) is 0 Å². The fourth-order valence-corrected chi connectivity index (χ4v) is 19.9. The number of nitrogens with zero attached hydrogens (tertiary/aromatic N) is 17. The first kappa shape index (κ1) is 88.8. The van der Waals surface area contributed by atoms with Crippen LogP contribution >= 0.6 is 39.1 Å². The molecule has 6 saturated heterocycles. The molecule has 11 aromatic heterocycles. The van der Waals surface area contributed by atoms with E-state index in [1.165, 1.54) is 22.4 Å². The minimum Gasteiger partial charge on any atom is -0.394 e. The zero-order valence-corrected chi connectivity index (χ0v) is 69.1. The molecule has 684 valence electrons. The lowest BCUT2D eigenvalue weighted by Gasteiger charge is -2.26. The molecule has 0 amide bonds. The molecule has 62 nitrogen and oxygen atoms in total. The van der Waals surface area contributed by atoms with E-state index in [4.69, 9.17) is 102 Å². The smallest absolute Gasteiger partial charge is 0.394 e. The Hall–Kier alpha value is -10.2. The summed E-state index contributed by atoms with van der Waals surface area (Å²) >= 11 is 0. The number of hydrogen-bond acceptors (Lipinski definition) is 46. The van der Waals surface area contributed by atoms with Crippen molar-refractivity contribution >= 4 is 125 Å². The van der Waals surface area contributed by atoms with Crippen molar-refractivity contribution in [3.63, 3.8) is 0 Å². The second-order valence-electron chi connectivity index (χ2n) is 29.3. The van der Waals surface area contributed by atoms with Gasteiger partial charge in [0, 0.05) is 43.9 Å². The molecule has 0 bridgehead atoms. The lowest BCUT2D eigenvalue weighted by molar-refractivity contribution is -0.0642. The molecular formula is C60H74N27O35P5. The van der Waals surface area contributed by atoms with Crippen LogP contribution < -0.4 is 62.2 Å². The number of hydrogen-bond donors (Lipinski definition) is 18. The van der Waals surface area contributed by atoms with Crippen LogP contribution in [0.5, 0.6) is 0 Å². The van der Waals surface area contributed by atoms with Gasteiger partial charge in [-0.3, -0.25) is 122 Å². The molecule has 0 aliphatic carbocycles. The van der Waals surface area contributed by atoms with E-state index in [0.717, 1.165) is 56.1 Å². The number of fused-ring (bicyclic) bond motifs is 5. The van der Waals surface area contributed by atoms with Crippen LogP contribution in [0.3, 0.4) is 0 Å². The van der Waals surface area contributed by atoms with Crippen molar-refractivity contribution < 1.29 is 136 Å². The summed E-state index contributed by atoms with van der Waals surface area (Å²) in [4.78, 5) is 190. The standard InChI is InChI=1S/C60H74N27O35P5/c1-20-7-82(60(96)81-50(20)91)33-3-22(26(8-88)112-33)118-124(99,100)108-10-28-23(4-34(114-28)84-16-70-39-47(84)74-57(63)78-52(39)93)120-125(101,102)109-11-29-24(5-35(115-29)85-17-71-40-48(85)75-58(64)79-53(40)94)121-126(103,104)111-13-31-43(42(90)55(117-31)87-19-68-37-44(61)66-14-67-45(37)87)122-127(105,106)110-12-30-25(6-36(116-30)86-18-72-41-49(86)76-59(65)80-54(41)95)119-123(97,98)107-9-27-21(89)2-32(113-27)83-15-69-38-46(83)73-56(62)77-51(38)92/h7,14-19,21-36,42-43,55,88-90H,2-6,8-13H2,1H3,(H,97,98)(H,99,100)(H,101,102)(H,103,104)(H,105,106)(H2,61,66,67)(H,81,91,96)(H3,62,73,77,92)(H3,63,74,78,93)(H3,64,75,79,94)(H3,65,76,80,95)/t21-,22-,23-,24-,25-,26+,27+,28+,29+,30+,31+,32+,33+,34+,35+,36+,42+,43+,55+/m0/s1. The second-order valence-corrected chi connectivity index (χ2v) is 36.3. The number of nitrogens with one attached hydrogen (secondary N) is 5. The maximum Gasteiger partial charge on any atom is 0.472 e. The van der Waals surface area contributed by atoms with Gasteiger partial charge in [-0.1, -0.05) is 0 Å². The van der Waals surface area contributed by atoms with Gasteiger partial charge in [-0.05, 0) is 6.92 Å². The van der Waals surface area contributed by atoms with Crippen molar-refractivity contribution in [1.29, 1.82) is 0 Å². The summed E-state index contributed by atoms with van der Waals surface area (Å²) in [6, 6.07) is 0. The normalized spacial score (nSPS) is 29.4. The summed E-state index contributed by atoms with van der Waals surface area (Å²) in [5, 5.41) is 33.5. The molecular weight excluding hydrogens is 1810 g/mol. The maximum atomic E-state index is 14.6. The van der Waals surface area contributed by atoms with Gasteiger partial charge < -0.3 is 96.9 Å². The topological polar surface area (TPSA) is 878 Å². The third-order valence-corrected chi connectivity index (χ3v) is 26.0. The highest BCUT2D eigenvalue weighted by Crippen LogP contribution is 2.57. The Morgan fingerprint density at radius 1 is 0.394 bits per heavy atom. The number of anilines is 5. The summed E-state index contributed by atoms with van der Waals surface area (Å²) in [5.74, 6) is -1.61. The van der Waals surface area contributed by atoms with Crippen LogP contribution in [0.15, 0.2) is 72.9 Å². The van der Waals surface area contributed by atoms with Crippen molar-refractivity contribution in [1.82, 2.24) is 107 Å². The number of aliphatic hydroxyl groups excluding tert-OH is 3. The first-order chi connectivity index (χ1) is 60.2. The molecule has 0 spiro atoms. The highest BCUT2D eigenvalue weighted by atomic mass is 31.2. The fraction of sp³-hybridized carbons (Fsp3) is 0.517. The van der Waals surface area contributed by atoms with E-state index in [9.17, 15) is 91.4 Å². The number of rotatable bonds is 32. The quantitative estimate of drug-likeness (QED) is 0.0177. The highest BCUT2D eigenvalue weighted by molar-refractivity contribution is 7.48. The third-order valence-electron chi connectivity index (χ3n) is 20.9. The fourth-order valence-electron chi connectivity index (χ4n) is 15.1. The number of aromatic nitrogens is 22. The molecule has 0 saturated carbocycles. The molecule has 5 unspecified atom stereocenters. The Bertz CT molecular complexity index is 6720. The van der Waals surface area contributed by atoms with Gasteiger partial charge in [-0.15, -0.1) is 0 Å². The summed E-state index contributed by atoms with van der Waals surface area (Å²) in [6.07, 6.45) is -25.4. The molecule has 6 aliphatic heterocycles. The molecule has 67 heteroatoms. The summed E-state index contributed by atoms with van der Waals surface area (Å²) in [5.41, 5.74) is 23.1. The van der Waals surface area contributed by atoms with Crippen molar-refractivity contribution in [3.8, 4) is 0 Å². The minimum absolute atomic E-state index is 0.0176. The third kappa shape index (κ3) is 18.4. The number of aliphatic hydroxyl groups is 3. The average Bonchev–Trinajstić information content (AvgIpc) is 1.62. The van der Waals surface area contributed by atoms with Gasteiger partial charge in [0.05, 0.1) is 77.4 Å². The zero-order valence-electron chi connectivity index (χ0n) is 64.6. The molecule has 24 atom stereocenters. The summed E-state index contributed by atoms with van der Waals surface area (Å²) in [6.45, 7) is -4.86. The molecule has 11 aromatic rings. The Morgan fingerprint density at radius 3 is 1.13 bits per heavy atom. The largest absolute Gasteiger partial charge is 0.472 e. The number of H-pyrrole nitrogens is 5. The first-order valence-electron chi connectivity index (χ1n) is 37.5. The summed E-state index contributed by atoms with van der Waals surface area (Å²) < 4.78 is 170. The van der Waals surface area contributed by atoms with Crippen molar-refractivity contribution in [2.45, 2.75) is 156 Å². The molecule has 127 heavy (non-hydrogen) atoms. The van der Waals surface area contributed by atoms with E-state index in [-0.39, 0.29) is 97.9 Å². The van der Waals surface area contributed by atoms with E-state index in [2.05, 4.69) is 79.7 Å². The number of nitrogens with two attached hydrogens (primary N) is 5. The van der Waals surface area contributed by atoms with Gasteiger partial charge in [0.25, 0.3) is 27.8 Å². The second kappa shape index (κ2) is 34.4. The molecule has 0 aromatic carbocycles. The van der Waals surface area contributed by atoms with Gasteiger partial charge in [0.15, 0.2) is 62.3 Å². The van der Waals surface area contributed by atoms with Gasteiger partial charge in [0.2, 0.25) is 23.8 Å². The van der Waals surface area contributed by atoms with Crippen molar-refractivity contribution in [3.05, 3.63) is 112 Å². The van der Waals surface area contributed by atoms with E-state index in [1.54, 1.807) is 0 Å². The SMILES string of the molecule is Cc1cn([C@H]2C[C@H](OP(=O)(O)OC[C@H]3O[C@@H](n4cnc5c(=O)[nH]c(N)nc54)C[C@@H]3OP(=O)(O)OC[C@H]3O[C@@H](n4cnc5c(=O)[nH]c(N)nc54)C[C@@H]3OP(=O)(O)OC[C@H]3O[C@@H](n4cnc5c(N)ncnc54)[C@H](O)[C@@H]3OP(=O)(O)OC[C@H]3O[C@@H](n4cnc5c(=O)[nH]c(N)nc54)C[C@@H]3OP(=O)(O)OC[C@H]3O[C@@H](n4cnc5c(=O)[nH]c(N)nc54)C[C@@H]3O)[C@@H](CO)O2)c(=O)[nH]c1=O. The monoisotopic (exact) mass is 1890 g/mol. The van der Waals surface area contributed by atoms with Crippen LogP contribution in [0.2, 0.25) is 0 Å². The number of phosphoric acid groups is 5. The number of aromatic amines is 5. The van der Waals surface area contributed by atoms with Crippen LogP contribution in [0.25, 0.3) is 55.8 Å². The van der Waals surface area contributed by atoms with Crippen molar-refractivity contribution in [2.75, 3.05) is 68.3 Å². The van der Waals surface area contributed by atoms with Crippen LogP contribution in [0.1, 0.15) is 75.0 Å². The molecule has 6 fully saturated rings. The average molecular weight is 1890 g/mol. The number of imidazole rings is 5. The predicted molar refractivity (Wildman–Crippen MR) is 415 cm³/mol. The van der Waals surface area contributed by atoms with E-state index >= 15 is 0 Å². The predicted octanol–water partition coefficient (Wildman–Crippen LogP) is -4.31. The van der Waals surface area contributed by atoms with E-state index in [0.29, 0.717) is 0 Å². The van der Waals surface area contributed by atoms with Crippen LogP contribution in [0, 0.1) is 6.92 Å². The van der Waals surface area contributed by atoms with Crippen LogP contribution in [-0.4, -0.2) is 266 Å².